The Balaban J connectivity index is 2.12. The number of rotatable bonds is 4. The standard InChI is InChI=1S/C13H21N3O2/c1-10-8-11(15-12(14-10)18-3)16(2)9-13(17)6-4-5-7-13/h8,17H,4-7,9H2,1-3H3. The van der Waals surface area contributed by atoms with Crippen molar-refractivity contribution in [1.82, 2.24) is 9.97 Å². The Morgan fingerprint density at radius 1 is 1.39 bits per heavy atom. The molecular weight excluding hydrogens is 230 g/mol. The number of nitrogens with zero attached hydrogens (tertiary/aromatic N) is 3. The largest absolute Gasteiger partial charge is 0.467 e. The number of aryl methyl sites for hydroxylation is 1. The van der Waals surface area contributed by atoms with Crippen LogP contribution in [0, 0.1) is 6.92 Å². The summed E-state index contributed by atoms with van der Waals surface area (Å²) in [5, 5.41) is 10.4. The Hall–Kier alpha value is -1.36. The highest BCUT2D eigenvalue weighted by Gasteiger charge is 2.32. The molecule has 0 aromatic carbocycles. The van der Waals surface area contributed by atoms with Crippen molar-refractivity contribution in [2.45, 2.75) is 38.2 Å². The minimum Gasteiger partial charge on any atom is -0.467 e. The third-order valence-electron chi connectivity index (χ3n) is 3.46. The summed E-state index contributed by atoms with van der Waals surface area (Å²) in [7, 11) is 3.50. The predicted molar refractivity (Wildman–Crippen MR) is 70.0 cm³/mol. The first-order valence-corrected chi connectivity index (χ1v) is 6.36. The van der Waals surface area contributed by atoms with E-state index in [4.69, 9.17) is 4.74 Å². The number of likely N-dealkylation sites (N-methyl/N-ethyl adjacent to an activating group) is 1. The van der Waals surface area contributed by atoms with E-state index in [-0.39, 0.29) is 0 Å². The van der Waals surface area contributed by atoms with Gasteiger partial charge in [0.1, 0.15) is 5.82 Å². The van der Waals surface area contributed by atoms with Gasteiger partial charge >= 0.3 is 6.01 Å². The monoisotopic (exact) mass is 251 g/mol. The molecule has 0 radical (unpaired) electrons. The lowest BCUT2D eigenvalue weighted by Crippen LogP contribution is -2.39. The number of aromatic nitrogens is 2. The fourth-order valence-corrected chi connectivity index (χ4v) is 2.53. The van der Waals surface area contributed by atoms with Crippen LogP contribution in [0.1, 0.15) is 31.4 Å². The molecular formula is C13H21N3O2. The molecule has 0 amide bonds. The second-order valence-electron chi connectivity index (χ2n) is 5.14. The van der Waals surface area contributed by atoms with Gasteiger partial charge in [0.2, 0.25) is 0 Å². The van der Waals surface area contributed by atoms with Crippen LogP contribution in [0.5, 0.6) is 6.01 Å². The lowest BCUT2D eigenvalue weighted by atomic mass is 10.0. The molecule has 5 nitrogen and oxygen atoms in total. The number of ether oxygens (including phenoxy) is 1. The maximum atomic E-state index is 10.4. The molecule has 0 bridgehead atoms. The molecule has 0 spiro atoms. The van der Waals surface area contributed by atoms with E-state index in [9.17, 15) is 5.11 Å². The second-order valence-corrected chi connectivity index (χ2v) is 5.14. The molecule has 1 heterocycles. The number of hydrogen-bond donors (Lipinski definition) is 1. The highest BCUT2D eigenvalue weighted by molar-refractivity contribution is 5.40. The zero-order chi connectivity index (χ0) is 13.2. The van der Waals surface area contributed by atoms with Gasteiger partial charge in [-0.3, -0.25) is 0 Å². The van der Waals surface area contributed by atoms with Gasteiger partial charge in [-0.15, -0.1) is 0 Å². The summed E-state index contributed by atoms with van der Waals surface area (Å²) in [5.74, 6) is 0.791. The van der Waals surface area contributed by atoms with Crippen molar-refractivity contribution in [3.8, 4) is 6.01 Å². The number of aliphatic hydroxyl groups is 1. The van der Waals surface area contributed by atoms with Gasteiger partial charge in [0.05, 0.1) is 12.7 Å². The molecule has 0 atom stereocenters. The second kappa shape index (κ2) is 5.10. The van der Waals surface area contributed by atoms with E-state index < -0.39 is 5.60 Å². The van der Waals surface area contributed by atoms with E-state index >= 15 is 0 Å². The molecule has 1 aliphatic rings. The Bertz CT molecular complexity index is 417. The zero-order valence-electron chi connectivity index (χ0n) is 11.3. The zero-order valence-corrected chi connectivity index (χ0v) is 11.3. The van der Waals surface area contributed by atoms with Crippen LogP contribution in [0.25, 0.3) is 0 Å². The lowest BCUT2D eigenvalue weighted by Gasteiger charge is -2.29. The van der Waals surface area contributed by atoms with Crippen LogP contribution in [0.3, 0.4) is 0 Å². The highest BCUT2D eigenvalue weighted by atomic mass is 16.5. The molecule has 18 heavy (non-hydrogen) atoms. The molecule has 1 aromatic rings. The van der Waals surface area contributed by atoms with Crippen LogP contribution in [0.15, 0.2) is 6.07 Å². The van der Waals surface area contributed by atoms with E-state index in [1.807, 2.05) is 24.9 Å². The maximum Gasteiger partial charge on any atom is 0.318 e. The average Bonchev–Trinajstić information content (AvgIpc) is 2.74. The Labute approximate surface area is 108 Å². The number of methoxy groups -OCH3 is 1. The third-order valence-corrected chi connectivity index (χ3v) is 3.46. The number of anilines is 1. The molecule has 100 valence electrons. The summed E-state index contributed by atoms with van der Waals surface area (Å²) in [6, 6.07) is 2.27. The Kier molecular flexibility index (Phi) is 3.71. The molecule has 1 aromatic heterocycles. The van der Waals surface area contributed by atoms with Crippen molar-refractivity contribution < 1.29 is 9.84 Å². The van der Waals surface area contributed by atoms with Crippen molar-refractivity contribution in [1.29, 1.82) is 0 Å². The van der Waals surface area contributed by atoms with Crippen molar-refractivity contribution >= 4 is 5.82 Å². The SMILES string of the molecule is COc1nc(C)cc(N(C)CC2(O)CCCC2)n1. The van der Waals surface area contributed by atoms with Crippen LogP contribution < -0.4 is 9.64 Å². The molecule has 0 aliphatic heterocycles. The Morgan fingerprint density at radius 3 is 2.67 bits per heavy atom. The minimum atomic E-state index is -0.569. The van der Waals surface area contributed by atoms with Crippen LogP contribution in [-0.2, 0) is 0 Å². The van der Waals surface area contributed by atoms with E-state index in [0.29, 0.717) is 12.6 Å². The first-order valence-electron chi connectivity index (χ1n) is 6.36. The number of hydrogen-bond acceptors (Lipinski definition) is 5. The fraction of sp³-hybridized carbons (Fsp3) is 0.692. The summed E-state index contributed by atoms with van der Waals surface area (Å²) < 4.78 is 5.07. The molecule has 2 rings (SSSR count). The average molecular weight is 251 g/mol. The topological polar surface area (TPSA) is 58.5 Å². The summed E-state index contributed by atoms with van der Waals surface area (Å²) in [6.45, 7) is 2.51. The first kappa shape index (κ1) is 13.1. The van der Waals surface area contributed by atoms with Gasteiger partial charge in [0.15, 0.2) is 0 Å². The molecule has 1 saturated carbocycles. The lowest BCUT2D eigenvalue weighted by molar-refractivity contribution is 0.0557. The molecule has 5 heteroatoms. The minimum absolute atomic E-state index is 0.371. The van der Waals surface area contributed by atoms with E-state index in [1.54, 1.807) is 7.11 Å². The van der Waals surface area contributed by atoms with Crippen molar-refractivity contribution in [2.24, 2.45) is 0 Å². The van der Waals surface area contributed by atoms with Crippen molar-refractivity contribution in [3.05, 3.63) is 11.8 Å². The summed E-state index contributed by atoms with van der Waals surface area (Å²) >= 11 is 0. The summed E-state index contributed by atoms with van der Waals surface area (Å²) in [5.41, 5.74) is 0.294. The van der Waals surface area contributed by atoms with Gasteiger partial charge in [-0.25, -0.2) is 4.98 Å². The van der Waals surface area contributed by atoms with Crippen LogP contribution >= 0.6 is 0 Å². The maximum absolute atomic E-state index is 10.4. The van der Waals surface area contributed by atoms with Crippen LogP contribution in [0.4, 0.5) is 5.82 Å². The Morgan fingerprint density at radius 2 is 2.06 bits per heavy atom. The van der Waals surface area contributed by atoms with Crippen molar-refractivity contribution in [2.75, 3.05) is 25.6 Å². The van der Waals surface area contributed by atoms with Crippen molar-refractivity contribution in [3.63, 3.8) is 0 Å². The predicted octanol–water partition coefficient (Wildman–Crippen LogP) is 1.53. The molecule has 0 saturated heterocycles. The van der Waals surface area contributed by atoms with Crippen LogP contribution in [0.2, 0.25) is 0 Å². The highest BCUT2D eigenvalue weighted by Crippen LogP contribution is 2.31. The summed E-state index contributed by atoms with van der Waals surface area (Å²) in [4.78, 5) is 10.4. The smallest absolute Gasteiger partial charge is 0.318 e. The summed E-state index contributed by atoms with van der Waals surface area (Å²) in [6.07, 6.45) is 3.96. The fourth-order valence-electron chi connectivity index (χ4n) is 2.53. The van der Waals surface area contributed by atoms with Crippen LogP contribution in [-0.4, -0.2) is 41.4 Å². The molecule has 1 aliphatic carbocycles. The molecule has 1 fully saturated rings. The van der Waals surface area contributed by atoms with Gasteiger partial charge < -0.3 is 14.7 Å². The third kappa shape index (κ3) is 2.90. The van der Waals surface area contributed by atoms with Gasteiger partial charge in [0, 0.05) is 25.4 Å². The van der Waals surface area contributed by atoms with Gasteiger partial charge in [-0.2, -0.15) is 4.98 Å². The molecule has 0 unspecified atom stereocenters. The van der Waals surface area contributed by atoms with E-state index in [2.05, 4.69) is 9.97 Å². The van der Waals surface area contributed by atoms with Gasteiger partial charge in [-0.1, -0.05) is 12.8 Å². The first-order chi connectivity index (χ1) is 8.52. The molecule has 1 N–H and O–H groups in total. The van der Waals surface area contributed by atoms with Gasteiger partial charge in [-0.05, 0) is 19.8 Å². The van der Waals surface area contributed by atoms with E-state index in [1.165, 1.54) is 0 Å². The quantitative estimate of drug-likeness (QED) is 0.879. The van der Waals surface area contributed by atoms with Gasteiger partial charge in [0.25, 0.3) is 0 Å². The normalized spacial score (nSPS) is 17.8. The van der Waals surface area contributed by atoms with E-state index in [0.717, 1.165) is 37.2 Å².